The van der Waals surface area contributed by atoms with Gasteiger partial charge in [0.2, 0.25) is 0 Å². The maximum absolute atomic E-state index is 2.52. The van der Waals surface area contributed by atoms with Gasteiger partial charge in [-0.05, 0) is 284 Å². The van der Waals surface area contributed by atoms with E-state index in [-0.39, 0.29) is 0 Å². The van der Waals surface area contributed by atoms with Crippen LogP contribution in [0.4, 0.5) is 0 Å². The Bertz CT molecular complexity index is 10000. The highest BCUT2D eigenvalue weighted by Gasteiger charge is 2.28. The summed E-state index contributed by atoms with van der Waals surface area (Å²) in [5.41, 5.74) is 33.7. The Morgan fingerprint density at radius 2 is 0.326 bits per heavy atom. The van der Waals surface area contributed by atoms with Gasteiger partial charge >= 0.3 is 0 Å². The third kappa shape index (κ3) is 12.7. The molecule has 0 aliphatic carbocycles. The molecule has 4 heteroatoms. The molecule has 0 unspecified atom stereocenters. The van der Waals surface area contributed by atoms with Crippen molar-refractivity contribution in [3.8, 4) is 112 Å². The van der Waals surface area contributed by atoms with Crippen LogP contribution in [0.3, 0.4) is 0 Å². The van der Waals surface area contributed by atoms with Crippen LogP contribution in [0.5, 0.6) is 0 Å². The maximum atomic E-state index is 2.52. The van der Waals surface area contributed by atoms with Crippen molar-refractivity contribution in [1.29, 1.82) is 0 Å². The zero-order chi connectivity index (χ0) is 94.6. The van der Waals surface area contributed by atoms with Crippen molar-refractivity contribution in [3.63, 3.8) is 0 Å². The van der Waals surface area contributed by atoms with Crippen LogP contribution in [0.1, 0.15) is 0 Å². The number of nitrogens with zero attached hydrogens (tertiary/aromatic N) is 4. The molecule has 30 rings (SSSR count). The molecular weight excluding hydrogens is 1740 g/mol. The average Bonchev–Trinajstić information content (AvgIpc) is 1.17. The Hall–Kier alpha value is -19.0. The predicted octanol–water partition coefficient (Wildman–Crippen LogP) is 38.3. The molecule has 26 aromatic carbocycles. The molecule has 668 valence electrons. The third-order valence-electron chi connectivity index (χ3n) is 30.6. The summed E-state index contributed by atoms with van der Waals surface area (Å²) in [5, 5.41) is 29.8. The molecule has 144 heavy (non-hydrogen) atoms. The molecule has 0 saturated heterocycles. The normalized spacial score (nSPS) is 11.9. The van der Waals surface area contributed by atoms with Crippen molar-refractivity contribution in [1.82, 2.24) is 18.3 Å². The van der Waals surface area contributed by atoms with E-state index in [1.54, 1.807) is 0 Å². The van der Waals surface area contributed by atoms with Crippen molar-refractivity contribution in [2.24, 2.45) is 0 Å². The Morgan fingerprint density at radius 1 is 0.104 bits per heavy atom. The number of aromatic nitrogens is 4. The summed E-state index contributed by atoms with van der Waals surface area (Å²) in [6.45, 7) is 0. The molecule has 0 atom stereocenters. The molecule has 0 N–H and O–H groups in total. The van der Waals surface area contributed by atoms with Crippen LogP contribution in [-0.4, -0.2) is 18.3 Å². The number of para-hydroxylation sites is 8. The highest BCUT2D eigenvalue weighted by molar-refractivity contribution is 6.33. The monoisotopic (exact) mass is 1820 g/mol. The second-order valence-corrected chi connectivity index (χ2v) is 38.1. The van der Waals surface area contributed by atoms with Crippen LogP contribution >= 0.6 is 0 Å². The van der Waals surface area contributed by atoms with Crippen LogP contribution in [0.15, 0.2) is 534 Å². The largest absolute Gasteiger partial charge is 0.309 e. The van der Waals surface area contributed by atoms with Gasteiger partial charge in [0.15, 0.2) is 0 Å². The van der Waals surface area contributed by atoms with Gasteiger partial charge in [0.25, 0.3) is 0 Å². The van der Waals surface area contributed by atoms with Gasteiger partial charge in [-0.3, -0.25) is 0 Å². The van der Waals surface area contributed by atoms with E-state index in [9.17, 15) is 0 Å². The highest BCUT2D eigenvalue weighted by Crippen LogP contribution is 2.54. The maximum Gasteiger partial charge on any atom is 0.0547 e. The van der Waals surface area contributed by atoms with E-state index in [0.717, 1.165) is 22.7 Å². The summed E-state index contributed by atoms with van der Waals surface area (Å²) >= 11 is 0. The number of hydrogen-bond donors (Lipinski definition) is 0. The average molecular weight is 1830 g/mol. The summed E-state index contributed by atoms with van der Waals surface area (Å²) in [6, 6.07) is 197. The molecule has 0 radical (unpaired) electrons. The molecule has 0 bridgehead atoms. The molecular formula is C140H88N4. The zero-order valence-electron chi connectivity index (χ0n) is 78.6. The third-order valence-corrected chi connectivity index (χ3v) is 30.6. The van der Waals surface area contributed by atoms with E-state index in [4.69, 9.17) is 0 Å². The number of rotatable bonds is 12. The molecule has 0 fully saturated rings. The summed E-state index contributed by atoms with van der Waals surface area (Å²) in [4.78, 5) is 0. The van der Waals surface area contributed by atoms with Crippen molar-refractivity contribution >= 4 is 173 Å². The number of hydrogen-bond acceptors (Lipinski definition) is 0. The first kappa shape index (κ1) is 82.1. The first-order valence-electron chi connectivity index (χ1n) is 49.9. The first-order valence-corrected chi connectivity index (χ1v) is 49.9. The summed E-state index contributed by atoms with van der Waals surface area (Å²) in [7, 11) is 0. The lowest BCUT2D eigenvalue weighted by Crippen LogP contribution is -1.94. The molecule has 0 aliphatic rings. The van der Waals surface area contributed by atoms with Gasteiger partial charge in [-0.25, -0.2) is 0 Å². The minimum atomic E-state index is 1.15. The van der Waals surface area contributed by atoms with E-state index in [1.165, 1.54) is 262 Å². The van der Waals surface area contributed by atoms with Crippen molar-refractivity contribution in [3.05, 3.63) is 534 Å². The van der Waals surface area contributed by atoms with Crippen LogP contribution < -0.4 is 0 Å². The molecule has 4 heterocycles. The Kier molecular flexibility index (Phi) is 19.0. The zero-order valence-corrected chi connectivity index (χ0v) is 78.6. The smallest absolute Gasteiger partial charge is 0.0547 e. The molecule has 0 spiro atoms. The summed E-state index contributed by atoms with van der Waals surface area (Å²) in [6.07, 6.45) is 0. The lowest BCUT2D eigenvalue weighted by molar-refractivity contribution is 1.18. The Labute approximate surface area is 831 Å². The fourth-order valence-electron chi connectivity index (χ4n) is 24.7. The quantitative estimate of drug-likeness (QED) is 0.109. The van der Waals surface area contributed by atoms with Gasteiger partial charge in [-0.1, -0.05) is 425 Å². The topological polar surface area (TPSA) is 19.7 Å². The van der Waals surface area contributed by atoms with Crippen LogP contribution in [0.25, 0.3) is 285 Å². The van der Waals surface area contributed by atoms with Gasteiger partial charge in [-0.15, -0.1) is 0 Å². The molecule has 0 aliphatic heterocycles. The first-order chi connectivity index (χ1) is 71.6. The SMILES string of the molecule is c1ccc(-c2ccccc2-c2c3cccc(-c4cccc5c4ccc4c5c5ccccc5n4-c4ccccc4)c3cc3c(-c4cccc5c4ccc4c5c5ccccc5n4-c4ccccc4)cccc23)cc1.c1ccc(-c2ccccc2-c2c3cccc(-c4cccc5ccc6c(c7ccccc7n6-c6ccccc6)c45)c3cc3c(-c4cccc5ccc6c(c7ccccc7n6-c6ccccc6)c45)cccc23)cc1. The summed E-state index contributed by atoms with van der Waals surface area (Å²) < 4.78 is 9.69. The van der Waals surface area contributed by atoms with Crippen LogP contribution in [-0.2, 0) is 0 Å². The van der Waals surface area contributed by atoms with Gasteiger partial charge < -0.3 is 18.3 Å². The number of fused-ring (bicyclic) bond motifs is 24. The van der Waals surface area contributed by atoms with Gasteiger partial charge in [-0.2, -0.15) is 0 Å². The van der Waals surface area contributed by atoms with Gasteiger partial charge in [0, 0.05) is 65.8 Å². The lowest BCUT2D eigenvalue weighted by atomic mass is 9.83. The van der Waals surface area contributed by atoms with Crippen LogP contribution in [0, 0.1) is 0 Å². The lowest BCUT2D eigenvalue weighted by Gasteiger charge is -2.20. The van der Waals surface area contributed by atoms with Crippen molar-refractivity contribution in [2.75, 3.05) is 0 Å². The fourth-order valence-corrected chi connectivity index (χ4v) is 24.7. The molecule has 4 nitrogen and oxygen atoms in total. The minimum Gasteiger partial charge on any atom is -0.309 e. The minimum absolute atomic E-state index is 1.15. The van der Waals surface area contributed by atoms with E-state index in [2.05, 4.69) is 552 Å². The molecule has 0 saturated carbocycles. The van der Waals surface area contributed by atoms with E-state index >= 15 is 0 Å². The Morgan fingerprint density at radius 3 is 0.653 bits per heavy atom. The molecule has 0 amide bonds. The molecule has 30 aromatic rings. The van der Waals surface area contributed by atoms with Crippen molar-refractivity contribution < 1.29 is 0 Å². The number of benzene rings is 26. The second kappa shape index (κ2) is 33.4. The molecule has 4 aromatic heterocycles. The van der Waals surface area contributed by atoms with E-state index in [1.807, 2.05) is 0 Å². The fraction of sp³-hybridized carbons (Fsp3) is 0. The Balaban J connectivity index is 0.000000137. The summed E-state index contributed by atoms with van der Waals surface area (Å²) in [5.74, 6) is 0. The highest BCUT2D eigenvalue weighted by atomic mass is 15.0. The van der Waals surface area contributed by atoms with Gasteiger partial charge in [0.1, 0.15) is 0 Å². The second-order valence-electron chi connectivity index (χ2n) is 38.1. The van der Waals surface area contributed by atoms with Crippen LogP contribution in [0.2, 0.25) is 0 Å². The van der Waals surface area contributed by atoms with Gasteiger partial charge in [0.05, 0.1) is 44.1 Å². The van der Waals surface area contributed by atoms with E-state index in [0.29, 0.717) is 0 Å². The van der Waals surface area contributed by atoms with Crippen molar-refractivity contribution in [2.45, 2.75) is 0 Å². The standard InChI is InChI=1S/2C70H44N2/c1-4-20-45(21-5-1)50-28-10-11-29-53(50)68-56-36-18-32-51(54-34-16-22-46-40-42-64-69(66(46)54)58-30-12-14-38-62(58)71(64)48-24-6-2-7-25-48)60(56)44-61-52(33-19-37-57(61)68)55-35-17-23-47-41-43-65-70(67(47)55)59-31-13-15-39-63(59)72(65)49-26-8-3-9-27-49;1-4-20-45(21-5-1)48-26-10-11-27-55(48)68-58-36-18-32-51(49-30-16-34-56-53(49)40-42-66-69(56)60-28-12-14-38-64(60)71(66)46-22-6-2-7-23-46)62(58)44-63-52(33-19-37-59(63)68)50-31-17-35-57-54(50)41-43-67-70(57)61-29-13-15-39-65(61)72(67)47-24-8-3-9-25-47/h2*1-44H. The predicted molar refractivity (Wildman–Crippen MR) is 614 cm³/mol. The van der Waals surface area contributed by atoms with E-state index < -0.39 is 0 Å².